The minimum atomic E-state index is 0.262. The van der Waals surface area contributed by atoms with Crippen LogP contribution in [0.5, 0.6) is 5.75 Å². The Balaban J connectivity index is 2.92. The molecule has 0 spiro atoms. The summed E-state index contributed by atoms with van der Waals surface area (Å²) < 4.78 is 0. The highest BCUT2D eigenvalue weighted by Crippen LogP contribution is 2.21. The number of phenols is 1. The van der Waals surface area contributed by atoms with Crippen molar-refractivity contribution in [1.29, 1.82) is 0 Å². The molecule has 1 nitrogen and oxygen atoms in total. The van der Waals surface area contributed by atoms with Crippen LogP contribution in [0.3, 0.4) is 0 Å². The van der Waals surface area contributed by atoms with Crippen molar-refractivity contribution in [3.8, 4) is 5.75 Å². The highest BCUT2D eigenvalue weighted by Gasteiger charge is 2.08. The molecule has 0 aliphatic heterocycles. The van der Waals surface area contributed by atoms with E-state index in [0.29, 0.717) is 11.8 Å². The number of hydrogen-bond acceptors (Lipinski definition) is 1. The number of hydrogen-bond donors (Lipinski definition) is 1. The molecule has 1 radical (unpaired) electrons. The highest BCUT2D eigenvalue weighted by molar-refractivity contribution is 5.34. The monoisotopic (exact) mass is 205 g/mol. The largest absolute Gasteiger partial charge is 0.507 e. The van der Waals surface area contributed by atoms with Crippen molar-refractivity contribution in [3.05, 3.63) is 29.3 Å². The predicted octanol–water partition coefficient (Wildman–Crippen LogP) is 3.59. The maximum absolute atomic E-state index is 9.43. The smallest absolute Gasteiger partial charge is 0.123 e. The van der Waals surface area contributed by atoms with Gasteiger partial charge in [-0.2, -0.15) is 0 Å². The second kappa shape index (κ2) is 5.20. The molecule has 0 heterocycles. The van der Waals surface area contributed by atoms with Crippen LogP contribution >= 0.6 is 0 Å². The number of phenolic OH excluding ortho intramolecular Hbond substituents is 1. The Labute approximate surface area is 93.1 Å². The zero-order valence-electron chi connectivity index (χ0n) is 10.2. The maximum Gasteiger partial charge on any atom is 0.123 e. The fourth-order valence-corrected chi connectivity index (χ4v) is 1.78. The van der Waals surface area contributed by atoms with E-state index >= 15 is 0 Å². The zero-order chi connectivity index (χ0) is 11.4. The molecule has 1 rings (SSSR count). The van der Waals surface area contributed by atoms with Crippen LogP contribution in [0.2, 0.25) is 0 Å². The Morgan fingerprint density at radius 1 is 1.07 bits per heavy atom. The molecule has 0 fully saturated rings. The van der Waals surface area contributed by atoms with Crippen LogP contribution in [0.25, 0.3) is 0 Å². The lowest BCUT2D eigenvalue weighted by molar-refractivity contribution is 0.471. The SMILES string of the molecule is CC(C)Cc1[c]c(O)ccc1CC(C)C. The Morgan fingerprint density at radius 2 is 1.67 bits per heavy atom. The molecular weight excluding hydrogens is 184 g/mol. The zero-order valence-corrected chi connectivity index (χ0v) is 10.2. The summed E-state index contributed by atoms with van der Waals surface area (Å²) in [6.45, 7) is 8.81. The Morgan fingerprint density at radius 3 is 2.20 bits per heavy atom. The highest BCUT2D eigenvalue weighted by atomic mass is 16.3. The van der Waals surface area contributed by atoms with Crippen molar-refractivity contribution in [2.75, 3.05) is 0 Å². The molecule has 0 aromatic heterocycles. The van der Waals surface area contributed by atoms with Gasteiger partial charge in [0.15, 0.2) is 0 Å². The van der Waals surface area contributed by atoms with Gasteiger partial charge in [-0.05, 0) is 41.9 Å². The molecule has 1 aromatic rings. The fourth-order valence-electron chi connectivity index (χ4n) is 1.78. The molecule has 0 aliphatic rings. The van der Waals surface area contributed by atoms with Crippen LogP contribution < -0.4 is 0 Å². The van der Waals surface area contributed by atoms with Gasteiger partial charge < -0.3 is 5.11 Å². The topological polar surface area (TPSA) is 20.2 Å². The summed E-state index contributed by atoms with van der Waals surface area (Å²) in [6, 6.07) is 6.84. The van der Waals surface area contributed by atoms with E-state index < -0.39 is 0 Å². The summed E-state index contributed by atoms with van der Waals surface area (Å²) >= 11 is 0. The molecule has 15 heavy (non-hydrogen) atoms. The summed E-state index contributed by atoms with van der Waals surface area (Å²) in [7, 11) is 0. The fraction of sp³-hybridized carbons (Fsp3) is 0.571. The lowest BCUT2D eigenvalue weighted by Crippen LogP contribution is -2.03. The van der Waals surface area contributed by atoms with Gasteiger partial charge in [0.05, 0.1) is 0 Å². The van der Waals surface area contributed by atoms with Crippen LogP contribution in [-0.4, -0.2) is 5.11 Å². The van der Waals surface area contributed by atoms with Gasteiger partial charge in [0.1, 0.15) is 5.75 Å². The normalized spacial score (nSPS) is 11.3. The Hall–Kier alpha value is -0.980. The molecule has 0 aliphatic carbocycles. The summed E-state index contributed by atoms with van der Waals surface area (Å²) in [5, 5.41) is 9.43. The van der Waals surface area contributed by atoms with Crippen LogP contribution in [0.15, 0.2) is 12.1 Å². The molecule has 0 saturated carbocycles. The lowest BCUT2D eigenvalue weighted by Gasteiger charge is -2.13. The van der Waals surface area contributed by atoms with Gasteiger partial charge in [-0.3, -0.25) is 0 Å². The molecule has 0 atom stereocenters. The summed E-state index contributed by atoms with van der Waals surface area (Å²) in [6.07, 6.45) is 2.06. The third-order valence-corrected chi connectivity index (χ3v) is 2.35. The Kier molecular flexibility index (Phi) is 4.19. The van der Waals surface area contributed by atoms with Crippen LogP contribution in [0.1, 0.15) is 38.8 Å². The van der Waals surface area contributed by atoms with Gasteiger partial charge in [0.25, 0.3) is 0 Å². The summed E-state index contributed by atoms with van der Waals surface area (Å²) in [4.78, 5) is 0. The van der Waals surface area contributed by atoms with Gasteiger partial charge in [0.2, 0.25) is 0 Å². The van der Waals surface area contributed by atoms with Crippen LogP contribution in [0.4, 0.5) is 0 Å². The minimum Gasteiger partial charge on any atom is -0.507 e. The van der Waals surface area contributed by atoms with Gasteiger partial charge in [-0.25, -0.2) is 0 Å². The minimum absolute atomic E-state index is 0.262. The van der Waals surface area contributed by atoms with Gasteiger partial charge in [-0.15, -0.1) is 0 Å². The third kappa shape index (κ3) is 3.94. The second-order valence-electron chi connectivity index (χ2n) is 5.04. The first kappa shape index (κ1) is 12.1. The quantitative estimate of drug-likeness (QED) is 0.796. The van der Waals surface area contributed by atoms with Crippen molar-refractivity contribution in [1.82, 2.24) is 0 Å². The number of rotatable bonds is 4. The van der Waals surface area contributed by atoms with Crippen molar-refractivity contribution < 1.29 is 5.11 Å². The van der Waals surface area contributed by atoms with Crippen molar-refractivity contribution in [2.45, 2.75) is 40.5 Å². The molecule has 1 heteroatoms. The summed E-state index contributed by atoms with van der Waals surface area (Å²) in [5.41, 5.74) is 2.51. The number of benzene rings is 1. The first-order valence-electron chi connectivity index (χ1n) is 5.72. The van der Waals surface area contributed by atoms with E-state index in [-0.39, 0.29) is 5.75 Å². The van der Waals surface area contributed by atoms with Gasteiger partial charge in [0, 0.05) is 6.07 Å². The standard InChI is InChI=1S/C14H21O/c1-10(2)7-12-5-6-14(15)9-13(12)8-11(3)4/h5-6,10-11,15H,7-8H2,1-4H3. The molecule has 0 unspecified atom stereocenters. The molecule has 0 amide bonds. The van der Waals surface area contributed by atoms with E-state index in [1.165, 1.54) is 11.1 Å². The average molecular weight is 205 g/mol. The maximum atomic E-state index is 9.43. The predicted molar refractivity (Wildman–Crippen MR) is 64.0 cm³/mol. The van der Waals surface area contributed by atoms with E-state index in [9.17, 15) is 5.11 Å². The molecule has 1 aromatic carbocycles. The first-order chi connectivity index (χ1) is 6.99. The van der Waals surface area contributed by atoms with E-state index in [1.807, 2.05) is 6.07 Å². The Bertz CT molecular complexity index is 313. The van der Waals surface area contributed by atoms with Gasteiger partial charge in [-0.1, -0.05) is 33.8 Å². The van der Waals surface area contributed by atoms with Gasteiger partial charge >= 0.3 is 0 Å². The van der Waals surface area contributed by atoms with Crippen molar-refractivity contribution >= 4 is 0 Å². The van der Waals surface area contributed by atoms with Crippen LogP contribution in [0, 0.1) is 17.9 Å². The second-order valence-corrected chi connectivity index (χ2v) is 5.04. The average Bonchev–Trinajstić information content (AvgIpc) is 2.08. The van der Waals surface area contributed by atoms with Crippen molar-refractivity contribution in [3.63, 3.8) is 0 Å². The molecule has 0 bridgehead atoms. The molecule has 0 saturated heterocycles. The van der Waals surface area contributed by atoms with E-state index in [1.54, 1.807) is 6.07 Å². The van der Waals surface area contributed by atoms with Crippen molar-refractivity contribution in [2.24, 2.45) is 11.8 Å². The number of aromatic hydroxyl groups is 1. The summed E-state index contributed by atoms with van der Waals surface area (Å²) in [5.74, 6) is 1.51. The molecule has 1 N–H and O–H groups in total. The van der Waals surface area contributed by atoms with Crippen LogP contribution in [-0.2, 0) is 12.8 Å². The molecule has 83 valence electrons. The van der Waals surface area contributed by atoms with E-state index in [2.05, 4.69) is 33.8 Å². The van der Waals surface area contributed by atoms with E-state index in [0.717, 1.165) is 12.8 Å². The van der Waals surface area contributed by atoms with E-state index in [4.69, 9.17) is 0 Å². The lowest BCUT2D eigenvalue weighted by atomic mass is 9.93. The first-order valence-corrected chi connectivity index (χ1v) is 5.72. The molecular formula is C14H21O. The third-order valence-electron chi connectivity index (χ3n) is 2.35.